The fourth-order valence-electron chi connectivity index (χ4n) is 1.76. The highest BCUT2D eigenvalue weighted by atomic mass is 16.2. The summed E-state index contributed by atoms with van der Waals surface area (Å²) in [6, 6.07) is 16.5. The van der Waals surface area contributed by atoms with Crippen LogP contribution >= 0.6 is 0 Å². The fourth-order valence-corrected chi connectivity index (χ4v) is 1.76. The molecule has 0 saturated heterocycles. The van der Waals surface area contributed by atoms with Gasteiger partial charge >= 0.3 is 6.03 Å². The zero-order valence-corrected chi connectivity index (χ0v) is 11.7. The van der Waals surface area contributed by atoms with E-state index in [1.807, 2.05) is 0 Å². The third-order valence-electron chi connectivity index (χ3n) is 2.78. The standard InChI is InChI=1S/C16H14N3O3/c20-12-11-17-16(22)19(14-9-5-2-6-10-14)18-15(21)13-7-3-1-4-8-13/h1-10H,11H2,(H,17,22)(H,18,21). The van der Waals surface area contributed by atoms with E-state index in [9.17, 15) is 14.4 Å². The van der Waals surface area contributed by atoms with Crippen LogP contribution in [0.3, 0.4) is 0 Å². The SMILES string of the molecule is O=[C]CNC(=O)N(NC(=O)c1ccccc1)c1ccccc1. The van der Waals surface area contributed by atoms with Crippen molar-refractivity contribution in [2.24, 2.45) is 0 Å². The van der Waals surface area contributed by atoms with Gasteiger partial charge in [-0.1, -0.05) is 36.4 Å². The molecule has 2 rings (SSSR count). The number of hydrogen-bond acceptors (Lipinski definition) is 3. The molecular formula is C16H14N3O3. The van der Waals surface area contributed by atoms with Crippen LogP contribution in [0.15, 0.2) is 60.7 Å². The van der Waals surface area contributed by atoms with Gasteiger partial charge in [-0.25, -0.2) is 9.80 Å². The molecule has 111 valence electrons. The normalized spacial score (nSPS) is 9.64. The maximum absolute atomic E-state index is 12.2. The second kappa shape index (κ2) is 7.58. The second-order valence-corrected chi connectivity index (χ2v) is 4.28. The molecule has 0 aliphatic rings. The molecule has 0 fully saturated rings. The quantitative estimate of drug-likeness (QED) is 0.842. The van der Waals surface area contributed by atoms with Crippen LogP contribution in [0.1, 0.15) is 10.4 Å². The van der Waals surface area contributed by atoms with Gasteiger partial charge in [0, 0.05) is 5.56 Å². The minimum atomic E-state index is -0.626. The third-order valence-corrected chi connectivity index (χ3v) is 2.78. The van der Waals surface area contributed by atoms with E-state index in [1.54, 1.807) is 66.9 Å². The Morgan fingerprint density at radius 2 is 1.55 bits per heavy atom. The van der Waals surface area contributed by atoms with Crippen LogP contribution in [-0.2, 0) is 4.79 Å². The van der Waals surface area contributed by atoms with Crippen LogP contribution in [0, 0.1) is 0 Å². The molecule has 0 atom stereocenters. The van der Waals surface area contributed by atoms with Gasteiger partial charge in [0.1, 0.15) is 0 Å². The molecule has 1 radical (unpaired) electrons. The van der Waals surface area contributed by atoms with Crippen molar-refractivity contribution in [1.82, 2.24) is 10.7 Å². The van der Waals surface area contributed by atoms with Crippen LogP contribution in [0.5, 0.6) is 0 Å². The maximum atomic E-state index is 12.2. The van der Waals surface area contributed by atoms with E-state index in [-0.39, 0.29) is 6.54 Å². The first-order valence-corrected chi connectivity index (χ1v) is 6.56. The monoisotopic (exact) mass is 296 g/mol. The predicted molar refractivity (Wildman–Crippen MR) is 81.9 cm³/mol. The molecule has 22 heavy (non-hydrogen) atoms. The van der Waals surface area contributed by atoms with Crippen molar-refractivity contribution in [2.45, 2.75) is 0 Å². The van der Waals surface area contributed by atoms with Crippen molar-refractivity contribution in [2.75, 3.05) is 11.6 Å². The van der Waals surface area contributed by atoms with Crippen LogP contribution in [0.4, 0.5) is 10.5 Å². The number of carbonyl (C=O) groups is 2. The highest BCUT2D eigenvalue weighted by Crippen LogP contribution is 2.11. The van der Waals surface area contributed by atoms with E-state index in [1.165, 1.54) is 0 Å². The number of para-hydroxylation sites is 1. The van der Waals surface area contributed by atoms with Gasteiger partial charge < -0.3 is 5.32 Å². The molecule has 2 N–H and O–H groups in total. The molecule has 0 aliphatic heterocycles. The van der Waals surface area contributed by atoms with E-state index in [0.29, 0.717) is 11.3 Å². The zero-order chi connectivity index (χ0) is 15.8. The first-order chi connectivity index (χ1) is 10.7. The van der Waals surface area contributed by atoms with Crippen molar-refractivity contribution in [3.05, 3.63) is 66.2 Å². The Balaban J connectivity index is 2.19. The molecule has 6 heteroatoms. The van der Waals surface area contributed by atoms with Crippen LogP contribution in [0.25, 0.3) is 0 Å². The molecule has 0 bridgehead atoms. The minimum absolute atomic E-state index is 0.261. The van der Waals surface area contributed by atoms with Crippen molar-refractivity contribution >= 4 is 23.9 Å². The van der Waals surface area contributed by atoms with E-state index < -0.39 is 11.9 Å². The lowest BCUT2D eigenvalue weighted by Gasteiger charge is -2.23. The van der Waals surface area contributed by atoms with E-state index in [0.717, 1.165) is 5.01 Å². The highest BCUT2D eigenvalue weighted by Gasteiger charge is 2.18. The molecular weight excluding hydrogens is 282 g/mol. The van der Waals surface area contributed by atoms with E-state index in [4.69, 9.17) is 0 Å². The van der Waals surface area contributed by atoms with Crippen LogP contribution in [0.2, 0.25) is 0 Å². The Morgan fingerprint density at radius 1 is 0.955 bits per heavy atom. The Hall–Kier alpha value is -3.15. The average molecular weight is 296 g/mol. The molecule has 0 unspecified atom stereocenters. The van der Waals surface area contributed by atoms with E-state index in [2.05, 4.69) is 10.7 Å². The number of hydrogen-bond donors (Lipinski definition) is 2. The number of nitrogens with zero attached hydrogens (tertiary/aromatic N) is 1. The van der Waals surface area contributed by atoms with Gasteiger partial charge in [0.15, 0.2) is 0 Å². The van der Waals surface area contributed by atoms with Gasteiger partial charge in [0.05, 0.1) is 12.2 Å². The summed E-state index contributed by atoms with van der Waals surface area (Å²) in [5.41, 5.74) is 3.39. The Morgan fingerprint density at radius 3 is 2.14 bits per heavy atom. The Labute approximate surface area is 127 Å². The highest BCUT2D eigenvalue weighted by molar-refractivity contribution is 6.01. The summed E-state index contributed by atoms with van der Waals surface area (Å²) in [4.78, 5) is 34.6. The molecule has 0 aliphatic carbocycles. The molecule has 0 aromatic heterocycles. The number of carbonyl (C=O) groups excluding carboxylic acids is 3. The number of benzene rings is 2. The second-order valence-electron chi connectivity index (χ2n) is 4.28. The Bertz CT molecular complexity index is 644. The summed E-state index contributed by atoms with van der Waals surface area (Å²) in [5.74, 6) is -0.435. The number of hydrazine groups is 1. The van der Waals surface area contributed by atoms with Crippen molar-refractivity contribution in [3.63, 3.8) is 0 Å². The van der Waals surface area contributed by atoms with Gasteiger partial charge in [0.25, 0.3) is 5.91 Å². The number of urea groups is 1. The van der Waals surface area contributed by atoms with E-state index >= 15 is 0 Å². The number of nitrogens with one attached hydrogen (secondary N) is 2. The molecule has 6 nitrogen and oxygen atoms in total. The fraction of sp³-hybridized carbons (Fsp3) is 0.0625. The molecule has 0 saturated carbocycles. The molecule has 3 amide bonds. The minimum Gasteiger partial charge on any atom is -0.329 e. The molecule has 0 heterocycles. The first-order valence-electron chi connectivity index (χ1n) is 6.56. The number of rotatable bonds is 4. The summed E-state index contributed by atoms with van der Waals surface area (Å²) in [6.07, 6.45) is 1.57. The van der Waals surface area contributed by atoms with Crippen molar-refractivity contribution < 1.29 is 14.4 Å². The lowest BCUT2D eigenvalue weighted by Crippen LogP contribution is -2.51. The predicted octanol–water partition coefficient (Wildman–Crippen LogP) is 1.66. The van der Waals surface area contributed by atoms with Crippen molar-refractivity contribution in [3.8, 4) is 0 Å². The molecule has 2 aromatic rings. The van der Waals surface area contributed by atoms with Crippen LogP contribution in [-0.4, -0.2) is 24.8 Å². The van der Waals surface area contributed by atoms with Crippen molar-refractivity contribution in [1.29, 1.82) is 0 Å². The first kappa shape index (κ1) is 15.2. The smallest absolute Gasteiger partial charge is 0.329 e. The van der Waals surface area contributed by atoms with Gasteiger partial charge in [0.2, 0.25) is 6.29 Å². The maximum Gasteiger partial charge on any atom is 0.341 e. The number of amides is 3. The summed E-state index contributed by atoms with van der Waals surface area (Å²) >= 11 is 0. The van der Waals surface area contributed by atoms with Gasteiger partial charge in [-0.15, -0.1) is 0 Å². The average Bonchev–Trinajstić information content (AvgIpc) is 2.59. The van der Waals surface area contributed by atoms with Crippen LogP contribution < -0.4 is 15.8 Å². The summed E-state index contributed by atoms with van der Waals surface area (Å²) < 4.78 is 0. The largest absolute Gasteiger partial charge is 0.341 e. The lowest BCUT2D eigenvalue weighted by molar-refractivity contribution is 0.0950. The third kappa shape index (κ3) is 3.92. The van der Waals surface area contributed by atoms with Gasteiger partial charge in [-0.3, -0.25) is 15.0 Å². The topological polar surface area (TPSA) is 78.5 Å². The number of anilines is 1. The van der Waals surface area contributed by atoms with Gasteiger partial charge in [-0.2, -0.15) is 0 Å². The zero-order valence-electron chi connectivity index (χ0n) is 11.7. The Kier molecular flexibility index (Phi) is 5.25. The summed E-state index contributed by atoms with van der Waals surface area (Å²) in [7, 11) is 0. The lowest BCUT2D eigenvalue weighted by atomic mass is 10.2. The summed E-state index contributed by atoms with van der Waals surface area (Å²) in [6.45, 7) is -0.261. The molecule has 0 spiro atoms. The summed E-state index contributed by atoms with van der Waals surface area (Å²) in [5, 5.41) is 3.38. The van der Waals surface area contributed by atoms with Gasteiger partial charge in [-0.05, 0) is 24.3 Å². The molecule has 2 aromatic carbocycles.